The van der Waals surface area contributed by atoms with Crippen LogP contribution in [0.1, 0.15) is 54.0 Å². The van der Waals surface area contributed by atoms with Crippen LogP contribution in [0.15, 0.2) is 23.2 Å². The molecule has 2 aliphatic rings. The lowest BCUT2D eigenvalue weighted by molar-refractivity contribution is -0.0301. The number of hydrogen-bond donors (Lipinski definition) is 0. The molecule has 0 radical (unpaired) electrons. The molecule has 5 nitrogen and oxygen atoms in total. The summed E-state index contributed by atoms with van der Waals surface area (Å²) >= 11 is 7.66. The van der Waals surface area contributed by atoms with E-state index in [-0.39, 0.29) is 11.5 Å². The molecule has 1 aromatic carbocycles. The standard InChI is InChI=1S/C21H25ClN2O3S/c1-21(2)18-16(9-10-27-21)24(12-13-5-4-6-13)20(28-18)23-19(25)15-11-14(22)7-8-17(15)26-3/h7-8,11,13H,4-6,9-10,12H2,1-3H3/b23-20-. The van der Waals surface area contributed by atoms with Gasteiger partial charge in [-0.25, -0.2) is 0 Å². The monoisotopic (exact) mass is 420 g/mol. The molecule has 0 saturated heterocycles. The number of benzene rings is 1. The van der Waals surface area contributed by atoms with E-state index >= 15 is 0 Å². The van der Waals surface area contributed by atoms with E-state index < -0.39 is 0 Å². The Balaban J connectivity index is 1.81. The fourth-order valence-electron chi connectivity index (χ4n) is 3.83. The van der Waals surface area contributed by atoms with Crippen molar-refractivity contribution in [2.24, 2.45) is 10.9 Å². The minimum Gasteiger partial charge on any atom is -0.496 e. The molecular formula is C21H25ClN2O3S. The summed E-state index contributed by atoms with van der Waals surface area (Å²) in [4.78, 5) is 19.4. The molecule has 1 aromatic heterocycles. The fraction of sp³-hybridized carbons (Fsp3) is 0.524. The van der Waals surface area contributed by atoms with Gasteiger partial charge in [0.25, 0.3) is 5.91 Å². The lowest BCUT2D eigenvalue weighted by Gasteiger charge is -2.31. The number of carbonyl (C=O) groups is 1. The Kier molecular flexibility index (Phi) is 5.38. The van der Waals surface area contributed by atoms with Gasteiger partial charge in [-0.05, 0) is 50.8 Å². The van der Waals surface area contributed by atoms with Gasteiger partial charge < -0.3 is 14.0 Å². The first-order valence-electron chi connectivity index (χ1n) is 9.68. The first-order valence-corrected chi connectivity index (χ1v) is 10.9. The highest BCUT2D eigenvalue weighted by Gasteiger charge is 2.34. The van der Waals surface area contributed by atoms with Crippen LogP contribution < -0.4 is 9.54 Å². The summed E-state index contributed by atoms with van der Waals surface area (Å²) in [5.74, 6) is 0.812. The van der Waals surface area contributed by atoms with Crippen molar-refractivity contribution in [3.63, 3.8) is 0 Å². The predicted molar refractivity (Wildman–Crippen MR) is 110 cm³/mol. The summed E-state index contributed by atoms with van der Waals surface area (Å²) in [6, 6.07) is 5.02. The van der Waals surface area contributed by atoms with E-state index in [1.54, 1.807) is 36.6 Å². The van der Waals surface area contributed by atoms with Gasteiger partial charge in [-0.3, -0.25) is 4.79 Å². The first-order chi connectivity index (χ1) is 13.4. The molecule has 0 atom stereocenters. The molecule has 1 saturated carbocycles. The smallest absolute Gasteiger partial charge is 0.283 e. The Bertz CT molecular complexity index is 973. The van der Waals surface area contributed by atoms with Crippen LogP contribution in [0.2, 0.25) is 5.02 Å². The number of halogens is 1. The number of thiazole rings is 1. The van der Waals surface area contributed by atoms with E-state index in [0.29, 0.717) is 28.9 Å². The molecule has 0 N–H and O–H groups in total. The number of aromatic nitrogens is 1. The van der Waals surface area contributed by atoms with Gasteiger partial charge in [0.05, 0.1) is 29.8 Å². The van der Waals surface area contributed by atoms with Crippen molar-refractivity contribution in [1.29, 1.82) is 0 Å². The highest BCUT2D eigenvalue weighted by atomic mass is 35.5. The third-order valence-corrected chi connectivity index (χ3v) is 7.28. The quantitative estimate of drug-likeness (QED) is 0.728. The van der Waals surface area contributed by atoms with Gasteiger partial charge in [-0.1, -0.05) is 29.4 Å². The summed E-state index contributed by atoms with van der Waals surface area (Å²) in [7, 11) is 1.54. The third-order valence-electron chi connectivity index (χ3n) is 5.62. The second kappa shape index (κ2) is 7.65. The van der Waals surface area contributed by atoms with Crippen LogP contribution in [-0.2, 0) is 23.3 Å². The van der Waals surface area contributed by atoms with Gasteiger partial charge in [-0.15, -0.1) is 0 Å². The average molecular weight is 421 g/mol. The van der Waals surface area contributed by atoms with Crippen molar-refractivity contribution in [1.82, 2.24) is 4.57 Å². The van der Waals surface area contributed by atoms with Gasteiger partial charge in [0, 0.05) is 23.7 Å². The number of carbonyl (C=O) groups excluding carboxylic acids is 1. The van der Waals surface area contributed by atoms with Crippen LogP contribution in [0.4, 0.5) is 0 Å². The van der Waals surface area contributed by atoms with Crippen molar-refractivity contribution in [3.05, 3.63) is 44.2 Å². The number of methoxy groups -OCH3 is 1. The van der Waals surface area contributed by atoms with Crippen LogP contribution in [0.5, 0.6) is 5.75 Å². The van der Waals surface area contributed by atoms with E-state index in [0.717, 1.165) is 17.8 Å². The normalized spacial score (nSPS) is 19.2. The minimum absolute atomic E-state index is 0.334. The van der Waals surface area contributed by atoms with E-state index in [4.69, 9.17) is 21.1 Å². The van der Waals surface area contributed by atoms with Crippen molar-refractivity contribution >= 4 is 28.8 Å². The molecule has 1 amide bonds. The number of hydrogen-bond acceptors (Lipinski definition) is 4. The zero-order chi connectivity index (χ0) is 19.9. The first kappa shape index (κ1) is 19.7. The summed E-state index contributed by atoms with van der Waals surface area (Å²) in [5.41, 5.74) is 1.29. The molecule has 150 valence electrons. The van der Waals surface area contributed by atoms with Crippen molar-refractivity contribution in [2.75, 3.05) is 13.7 Å². The zero-order valence-electron chi connectivity index (χ0n) is 16.5. The minimum atomic E-state index is -0.357. The van der Waals surface area contributed by atoms with Crippen LogP contribution in [0.25, 0.3) is 0 Å². The number of ether oxygens (including phenoxy) is 2. The van der Waals surface area contributed by atoms with Crippen LogP contribution >= 0.6 is 22.9 Å². The van der Waals surface area contributed by atoms with E-state index in [1.165, 1.54) is 29.8 Å². The highest BCUT2D eigenvalue weighted by Crippen LogP contribution is 2.36. The number of rotatable bonds is 4. The average Bonchev–Trinajstić information content (AvgIpc) is 2.96. The van der Waals surface area contributed by atoms with Gasteiger partial charge in [0.2, 0.25) is 0 Å². The van der Waals surface area contributed by atoms with Crippen LogP contribution in [0, 0.1) is 5.92 Å². The molecule has 0 unspecified atom stereocenters. The molecule has 1 aliphatic heterocycles. The third kappa shape index (κ3) is 3.65. The van der Waals surface area contributed by atoms with Crippen molar-refractivity contribution in [2.45, 2.75) is 51.7 Å². The van der Waals surface area contributed by atoms with Crippen LogP contribution in [-0.4, -0.2) is 24.2 Å². The summed E-state index contributed by atoms with van der Waals surface area (Å²) in [6.07, 6.45) is 4.63. The zero-order valence-corrected chi connectivity index (χ0v) is 18.0. The number of fused-ring (bicyclic) bond motifs is 1. The second-order valence-electron chi connectivity index (χ2n) is 7.94. The molecule has 2 aromatic rings. The van der Waals surface area contributed by atoms with Crippen molar-refractivity contribution < 1.29 is 14.3 Å². The Morgan fingerprint density at radius 2 is 2.21 bits per heavy atom. The van der Waals surface area contributed by atoms with E-state index in [1.807, 2.05) is 0 Å². The van der Waals surface area contributed by atoms with Gasteiger partial charge in [-0.2, -0.15) is 4.99 Å². The molecule has 7 heteroatoms. The van der Waals surface area contributed by atoms with Crippen LogP contribution in [0.3, 0.4) is 0 Å². The molecule has 28 heavy (non-hydrogen) atoms. The van der Waals surface area contributed by atoms with Gasteiger partial charge in [0.15, 0.2) is 4.80 Å². The lowest BCUT2D eigenvalue weighted by Crippen LogP contribution is -2.31. The maximum Gasteiger partial charge on any atom is 0.283 e. The summed E-state index contributed by atoms with van der Waals surface area (Å²) < 4.78 is 13.6. The maximum atomic E-state index is 13.0. The topological polar surface area (TPSA) is 52.8 Å². The molecule has 0 spiro atoms. The molecule has 1 aliphatic carbocycles. The maximum absolute atomic E-state index is 13.0. The molecular weight excluding hydrogens is 396 g/mol. The number of nitrogens with zero attached hydrogens (tertiary/aromatic N) is 2. The molecule has 0 bridgehead atoms. The van der Waals surface area contributed by atoms with Gasteiger partial charge >= 0.3 is 0 Å². The molecule has 1 fully saturated rings. The Labute approximate surface area is 174 Å². The van der Waals surface area contributed by atoms with Crippen molar-refractivity contribution in [3.8, 4) is 5.75 Å². The highest BCUT2D eigenvalue weighted by molar-refractivity contribution is 7.09. The second-order valence-corrected chi connectivity index (χ2v) is 9.35. The SMILES string of the molecule is COc1ccc(Cl)cc1C(=O)/N=c1\sc2c(n1CC1CCC1)CCOC2(C)C. The predicted octanol–water partition coefficient (Wildman–Crippen LogP) is 4.56. The molecule has 2 heterocycles. The Morgan fingerprint density at radius 3 is 2.89 bits per heavy atom. The largest absolute Gasteiger partial charge is 0.496 e. The van der Waals surface area contributed by atoms with E-state index in [2.05, 4.69) is 23.4 Å². The fourth-order valence-corrected chi connectivity index (χ4v) is 5.24. The summed E-state index contributed by atoms with van der Waals surface area (Å²) in [5, 5.41) is 0.488. The summed E-state index contributed by atoms with van der Waals surface area (Å²) in [6.45, 7) is 5.78. The van der Waals surface area contributed by atoms with E-state index in [9.17, 15) is 4.79 Å². The van der Waals surface area contributed by atoms with Gasteiger partial charge in [0.1, 0.15) is 5.75 Å². The Hall–Kier alpha value is -1.63. The molecule has 4 rings (SSSR count). The Morgan fingerprint density at radius 1 is 1.43 bits per heavy atom. The number of amides is 1. The lowest BCUT2D eigenvalue weighted by atomic mass is 9.85.